The number of hydrogen-bond acceptors (Lipinski definition) is 5. The van der Waals surface area contributed by atoms with E-state index in [9.17, 15) is 9.59 Å². The van der Waals surface area contributed by atoms with Crippen LogP contribution < -0.4 is 15.8 Å². The molecule has 7 heteroatoms. The maximum atomic E-state index is 13.1. The van der Waals surface area contributed by atoms with Crippen molar-refractivity contribution in [2.45, 2.75) is 26.8 Å². The molecule has 1 fully saturated rings. The normalized spacial score (nSPS) is 14.7. The minimum atomic E-state index is -0.312. The number of piperazine rings is 1. The van der Waals surface area contributed by atoms with E-state index in [0.717, 1.165) is 43.9 Å². The van der Waals surface area contributed by atoms with Crippen molar-refractivity contribution in [1.29, 1.82) is 0 Å². The molecule has 1 aliphatic heterocycles. The number of carbonyl (C=O) groups excluding carboxylic acids is 1. The third-order valence-electron chi connectivity index (χ3n) is 5.82. The number of nitrogens with zero attached hydrogens (tertiary/aromatic N) is 4. The molecule has 1 aliphatic rings. The van der Waals surface area contributed by atoms with Crippen LogP contribution in [0.2, 0.25) is 0 Å². The second-order valence-electron chi connectivity index (χ2n) is 8.17. The van der Waals surface area contributed by atoms with E-state index in [2.05, 4.69) is 40.3 Å². The van der Waals surface area contributed by atoms with Crippen molar-refractivity contribution in [3.05, 3.63) is 64.1 Å². The van der Waals surface area contributed by atoms with Crippen molar-refractivity contribution in [3.8, 4) is 0 Å². The summed E-state index contributed by atoms with van der Waals surface area (Å²) in [5.74, 6) is -0.312. The van der Waals surface area contributed by atoms with Crippen LogP contribution in [-0.2, 0) is 6.54 Å². The SMILES string of the molecule is CCCn1nc(C(=O)Nc2ccc(N3CCN(C)CC3)c(C)c2)c2ccccc2c1=O. The molecular formula is C24H29N5O2. The molecule has 2 heterocycles. The fraction of sp³-hybridized carbons (Fsp3) is 0.375. The first-order chi connectivity index (χ1) is 15.0. The molecule has 0 spiro atoms. The summed E-state index contributed by atoms with van der Waals surface area (Å²) in [5.41, 5.74) is 3.15. The molecular weight excluding hydrogens is 390 g/mol. The monoisotopic (exact) mass is 419 g/mol. The van der Waals surface area contributed by atoms with Gasteiger partial charge in [0.2, 0.25) is 0 Å². The molecule has 1 saturated heterocycles. The van der Waals surface area contributed by atoms with Gasteiger partial charge in [0.15, 0.2) is 5.69 Å². The Morgan fingerprint density at radius 3 is 2.45 bits per heavy atom. The highest BCUT2D eigenvalue weighted by Gasteiger charge is 2.19. The zero-order valence-electron chi connectivity index (χ0n) is 18.4. The molecule has 0 saturated carbocycles. The maximum absolute atomic E-state index is 13.1. The van der Waals surface area contributed by atoms with E-state index < -0.39 is 0 Å². The van der Waals surface area contributed by atoms with Gasteiger partial charge in [-0.25, -0.2) is 4.68 Å². The fourth-order valence-corrected chi connectivity index (χ4v) is 4.09. The number of anilines is 2. The molecule has 0 radical (unpaired) electrons. The zero-order chi connectivity index (χ0) is 22.0. The van der Waals surface area contributed by atoms with E-state index in [1.807, 2.05) is 31.2 Å². The third-order valence-corrected chi connectivity index (χ3v) is 5.82. The predicted molar refractivity (Wildman–Crippen MR) is 125 cm³/mol. The summed E-state index contributed by atoms with van der Waals surface area (Å²) < 4.78 is 1.39. The summed E-state index contributed by atoms with van der Waals surface area (Å²) in [4.78, 5) is 30.5. The van der Waals surface area contributed by atoms with Gasteiger partial charge in [0.1, 0.15) is 0 Å². The van der Waals surface area contributed by atoms with Crippen molar-refractivity contribution in [1.82, 2.24) is 14.7 Å². The number of aromatic nitrogens is 2. The molecule has 31 heavy (non-hydrogen) atoms. The number of fused-ring (bicyclic) bond motifs is 1. The molecule has 0 bridgehead atoms. The van der Waals surface area contributed by atoms with Crippen LogP contribution in [0.15, 0.2) is 47.3 Å². The number of rotatable bonds is 5. The lowest BCUT2D eigenvalue weighted by molar-refractivity contribution is 0.102. The number of likely N-dealkylation sites (N-methyl/N-ethyl adjacent to an activating group) is 1. The van der Waals surface area contributed by atoms with Crippen LogP contribution in [0.3, 0.4) is 0 Å². The van der Waals surface area contributed by atoms with Crippen LogP contribution in [0.25, 0.3) is 10.8 Å². The number of carbonyl (C=O) groups is 1. The summed E-state index contributed by atoms with van der Waals surface area (Å²) in [5, 5.41) is 8.44. The number of aryl methyl sites for hydroxylation is 2. The summed E-state index contributed by atoms with van der Waals surface area (Å²) in [6.07, 6.45) is 0.763. The summed E-state index contributed by atoms with van der Waals surface area (Å²) in [6, 6.07) is 13.1. The van der Waals surface area contributed by atoms with Crippen molar-refractivity contribution in [3.63, 3.8) is 0 Å². The van der Waals surface area contributed by atoms with E-state index in [1.54, 1.807) is 12.1 Å². The first-order valence-corrected chi connectivity index (χ1v) is 10.8. The van der Waals surface area contributed by atoms with Crippen LogP contribution in [0.5, 0.6) is 0 Å². The Kier molecular flexibility index (Phi) is 6.04. The van der Waals surface area contributed by atoms with E-state index in [-0.39, 0.29) is 17.2 Å². The first-order valence-electron chi connectivity index (χ1n) is 10.8. The van der Waals surface area contributed by atoms with Gasteiger partial charge in [-0.05, 0) is 50.2 Å². The van der Waals surface area contributed by atoms with Gasteiger partial charge in [-0.1, -0.05) is 25.1 Å². The van der Waals surface area contributed by atoms with Crippen molar-refractivity contribution < 1.29 is 4.79 Å². The summed E-state index contributed by atoms with van der Waals surface area (Å²) >= 11 is 0. The van der Waals surface area contributed by atoms with Crippen LogP contribution >= 0.6 is 0 Å². The maximum Gasteiger partial charge on any atom is 0.276 e. The minimum Gasteiger partial charge on any atom is -0.369 e. The van der Waals surface area contributed by atoms with Gasteiger partial charge in [-0.3, -0.25) is 9.59 Å². The Bertz CT molecular complexity index is 1160. The number of amides is 1. The fourth-order valence-electron chi connectivity index (χ4n) is 4.09. The first kappa shape index (κ1) is 21.1. The molecule has 0 unspecified atom stereocenters. The Balaban J connectivity index is 1.61. The molecule has 1 aromatic heterocycles. The molecule has 2 aromatic carbocycles. The Labute approximate surface area is 182 Å². The largest absolute Gasteiger partial charge is 0.369 e. The highest BCUT2D eigenvalue weighted by Crippen LogP contribution is 2.25. The topological polar surface area (TPSA) is 70.5 Å². The van der Waals surface area contributed by atoms with Gasteiger partial charge in [0.05, 0.1) is 5.39 Å². The Morgan fingerprint density at radius 2 is 1.77 bits per heavy atom. The smallest absolute Gasteiger partial charge is 0.276 e. The van der Waals surface area contributed by atoms with E-state index in [1.165, 1.54) is 10.4 Å². The molecule has 7 nitrogen and oxygen atoms in total. The van der Waals surface area contributed by atoms with E-state index >= 15 is 0 Å². The lowest BCUT2D eigenvalue weighted by Crippen LogP contribution is -2.44. The average molecular weight is 420 g/mol. The van der Waals surface area contributed by atoms with Gasteiger partial charge in [-0.15, -0.1) is 0 Å². The number of hydrogen-bond donors (Lipinski definition) is 1. The minimum absolute atomic E-state index is 0.165. The highest BCUT2D eigenvalue weighted by atomic mass is 16.2. The van der Waals surface area contributed by atoms with Gasteiger partial charge in [0, 0.05) is 49.5 Å². The third kappa shape index (κ3) is 4.32. The molecule has 1 N–H and O–H groups in total. The molecule has 0 aliphatic carbocycles. The van der Waals surface area contributed by atoms with Gasteiger partial charge < -0.3 is 15.1 Å². The molecule has 162 valence electrons. The van der Waals surface area contributed by atoms with Crippen LogP contribution in [0.4, 0.5) is 11.4 Å². The van der Waals surface area contributed by atoms with Crippen LogP contribution in [-0.4, -0.2) is 53.8 Å². The molecule has 1 amide bonds. The van der Waals surface area contributed by atoms with E-state index in [4.69, 9.17) is 0 Å². The van der Waals surface area contributed by atoms with Crippen molar-refractivity contribution in [2.75, 3.05) is 43.4 Å². The van der Waals surface area contributed by atoms with Crippen LogP contribution in [0, 0.1) is 6.92 Å². The molecule has 3 aromatic rings. The van der Waals surface area contributed by atoms with E-state index in [0.29, 0.717) is 17.3 Å². The Hall–Kier alpha value is -3.19. The quantitative estimate of drug-likeness (QED) is 0.688. The van der Waals surface area contributed by atoms with Crippen molar-refractivity contribution >= 4 is 28.1 Å². The summed E-state index contributed by atoms with van der Waals surface area (Å²) in [6.45, 7) is 8.61. The highest BCUT2D eigenvalue weighted by molar-refractivity contribution is 6.11. The zero-order valence-corrected chi connectivity index (χ0v) is 18.4. The van der Waals surface area contributed by atoms with Crippen LogP contribution in [0.1, 0.15) is 29.4 Å². The standard InChI is InChI=1S/C24H29N5O2/c1-4-11-29-24(31)20-8-6-5-7-19(20)22(26-29)23(30)25-18-9-10-21(17(2)16-18)28-14-12-27(3)13-15-28/h5-10,16H,4,11-15H2,1-3H3,(H,25,30). The van der Waals surface area contributed by atoms with Crippen molar-refractivity contribution in [2.24, 2.45) is 0 Å². The summed E-state index contributed by atoms with van der Waals surface area (Å²) in [7, 11) is 2.14. The second kappa shape index (κ2) is 8.89. The number of benzene rings is 2. The second-order valence-corrected chi connectivity index (χ2v) is 8.17. The predicted octanol–water partition coefficient (Wildman–Crippen LogP) is 3.12. The Morgan fingerprint density at radius 1 is 1.06 bits per heavy atom. The molecule has 0 atom stereocenters. The van der Waals surface area contributed by atoms with Gasteiger partial charge in [-0.2, -0.15) is 5.10 Å². The van der Waals surface area contributed by atoms with Gasteiger partial charge in [0.25, 0.3) is 11.5 Å². The lowest BCUT2D eigenvalue weighted by Gasteiger charge is -2.35. The van der Waals surface area contributed by atoms with Gasteiger partial charge >= 0.3 is 0 Å². The number of nitrogens with one attached hydrogen (secondary N) is 1. The average Bonchev–Trinajstić information content (AvgIpc) is 2.77. The lowest BCUT2D eigenvalue weighted by atomic mass is 10.1. The molecule has 4 rings (SSSR count).